The molecule has 2 nitrogen and oxygen atoms in total. The maximum atomic E-state index is 4.29. The summed E-state index contributed by atoms with van der Waals surface area (Å²) in [6.07, 6.45) is 5.73. The summed E-state index contributed by atoms with van der Waals surface area (Å²) in [5.74, 6) is 4.15. The molecule has 0 N–H and O–H groups in total. The molecule has 0 aliphatic rings. The van der Waals surface area contributed by atoms with Crippen molar-refractivity contribution >= 4 is 15.9 Å². The van der Waals surface area contributed by atoms with Gasteiger partial charge >= 0.3 is 0 Å². The highest BCUT2D eigenvalue weighted by Gasteiger charge is 1.97. The van der Waals surface area contributed by atoms with Crippen LogP contribution in [0.1, 0.15) is 24.7 Å². The van der Waals surface area contributed by atoms with Gasteiger partial charge in [0.25, 0.3) is 0 Å². The summed E-state index contributed by atoms with van der Waals surface area (Å²) in [6, 6.07) is 11.1. The van der Waals surface area contributed by atoms with Crippen molar-refractivity contribution in [1.29, 1.82) is 0 Å². The Hall–Kier alpha value is -1.53. The van der Waals surface area contributed by atoms with E-state index >= 15 is 0 Å². The second kappa shape index (κ2) is 5.70. The van der Waals surface area contributed by atoms with Crippen molar-refractivity contribution < 1.29 is 0 Å². The number of hydrogen-bond acceptors (Lipinski definition) is 1. The van der Waals surface area contributed by atoms with Gasteiger partial charge in [-0.25, -0.2) is 4.98 Å². The van der Waals surface area contributed by atoms with Crippen molar-refractivity contribution in [3.05, 3.63) is 52.5 Å². The van der Waals surface area contributed by atoms with Gasteiger partial charge in [0.2, 0.25) is 0 Å². The monoisotopic (exact) mass is 288 g/mol. The largest absolute Gasteiger partial charge is 0.262 e. The second-order valence-corrected chi connectivity index (χ2v) is 4.63. The minimum Gasteiger partial charge on any atom is -0.262 e. The van der Waals surface area contributed by atoms with Crippen LogP contribution in [-0.4, -0.2) is 9.55 Å². The number of aromatic nitrogens is 2. The summed E-state index contributed by atoms with van der Waals surface area (Å²) < 4.78 is 2.94. The van der Waals surface area contributed by atoms with Gasteiger partial charge in [-0.3, -0.25) is 4.57 Å². The smallest absolute Gasteiger partial charge is 0.120 e. The maximum Gasteiger partial charge on any atom is 0.120 e. The van der Waals surface area contributed by atoms with Crippen molar-refractivity contribution in [1.82, 2.24) is 9.55 Å². The summed E-state index contributed by atoms with van der Waals surface area (Å²) >= 11 is 3.43. The third-order valence-corrected chi connectivity index (χ3v) is 2.83. The Morgan fingerprint density at radius 3 is 3.06 bits per heavy atom. The molecule has 2 aromatic rings. The van der Waals surface area contributed by atoms with Gasteiger partial charge < -0.3 is 0 Å². The molecule has 0 fully saturated rings. The lowest BCUT2D eigenvalue weighted by molar-refractivity contribution is 0.820. The lowest BCUT2D eigenvalue weighted by Gasteiger charge is -1.96. The highest BCUT2D eigenvalue weighted by molar-refractivity contribution is 9.10. The van der Waals surface area contributed by atoms with E-state index in [9.17, 15) is 0 Å². The van der Waals surface area contributed by atoms with E-state index in [2.05, 4.69) is 39.8 Å². The number of halogens is 1. The lowest BCUT2D eigenvalue weighted by Crippen LogP contribution is -1.96. The van der Waals surface area contributed by atoms with Crippen LogP contribution in [0.3, 0.4) is 0 Å². The second-order valence-electron chi connectivity index (χ2n) is 3.71. The van der Waals surface area contributed by atoms with Gasteiger partial charge in [0.05, 0.1) is 0 Å². The quantitative estimate of drug-likeness (QED) is 0.774. The molecule has 2 rings (SSSR count). The van der Waals surface area contributed by atoms with Crippen LogP contribution < -0.4 is 0 Å². The van der Waals surface area contributed by atoms with E-state index in [-0.39, 0.29) is 0 Å². The summed E-state index contributed by atoms with van der Waals surface area (Å²) in [6.45, 7) is 2.14. The highest BCUT2D eigenvalue weighted by Crippen LogP contribution is 2.10. The molecule has 1 aromatic carbocycles. The van der Waals surface area contributed by atoms with Crippen LogP contribution in [0.25, 0.3) is 0 Å². The van der Waals surface area contributed by atoms with Crippen LogP contribution >= 0.6 is 15.9 Å². The molecule has 86 valence electrons. The van der Waals surface area contributed by atoms with Gasteiger partial charge in [0.1, 0.15) is 5.82 Å². The first kappa shape index (κ1) is 11.9. The van der Waals surface area contributed by atoms with E-state index < -0.39 is 0 Å². The van der Waals surface area contributed by atoms with Crippen LogP contribution in [0.2, 0.25) is 0 Å². The Kier molecular flexibility index (Phi) is 4.00. The van der Waals surface area contributed by atoms with Crippen LogP contribution in [0.5, 0.6) is 0 Å². The van der Waals surface area contributed by atoms with Gasteiger partial charge in [0, 0.05) is 34.9 Å². The zero-order valence-corrected chi connectivity index (χ0v) is 11.2. The number of aryl methyl sites for hydroxylation is 1. The number of hydrogen-bond donors (Lipinski definition) is 0. The first-order valence-corrected chi connectivity index (χ1v) is 6.38. The van der Waals surface area contributed by atoms with Gasteiger partial charge in [-0.2, -0.15) is 0 Å². The van der Waals surface area contributed by atoms with E-state index in [1.807, 2.05) is 35.0 Å². The molecule has 0 saturated carbocycles. The number of imidazole rings is 1. The van der Waals surface area contributed by atoms with Crippen LogP contribution in [0.15, 0.2) is 41.1 Å². The van der Waals surface area contributed by atoms with Crippen LogP contribution in [-0.2, 0) is 6.42 Å². The van der Waals surface area contributed by atoms with E-state index in [4.69, 9.17) is 0 Å². The third kappa shape index (κ3) is 3.21. The normalized spacial score (nSPS) is 9.76. The molecular formula is C14H13BrN2. The van der Waals surface area contributed by atoms with E-state index in [0.717, 1.165) is 28.7 Å². The van der Waals surface area contributed by atoms with Crippen molar-refractivity contribution in [2.75, 3.05) is 0 Å². The van der Waals surface area contributed by atoms with Crippen molar-refractivity contribution in [2.45, 2.75) is 19.8 Å². The van der Waals surface area contributed by atoms with E-state index in [0.29, 0.717) is 0 Å². The molecule has 0 radical (unpaired) electrons. The lowest BCUT2D eigenvalue weighted by atomic mass is 10.2. The minimum atomic E-state index is 0.958. The predicted molar refractivity (Wildman–Crippen MR) is 72.6 cm³/mol. The molecule has 3 heteroatoms. The summed E-state index contributed by atoms with van der Waals surface area (Å²) in [5, 5.41) is 0. The first-order valence-electron chi connectivity index (χ1n) is 5.59. The standard InChI is InChI=1S/C14H13BrN2/c1-2-4-14-16-8-10-17(14)9-7-12-5-3-6-13(15)11-12/h3,5-6,8,10-11H,2,4H2,1H3. The van der Waals surface area contributed by atoms with Crippen molar-refractivity contribution in [2.24, 2.45) is 0 Å². The Bertz CT molecular complexity index is 561. The Morgan fingerprint density at radius 1 is 1.41 bits per heavy atom. The molecule has 0 aliphatic carbocycles. The molecule has 1 heterocycles. The highest BCUT2D eigenvalue weighted by atomic mass is 79.9. The summed E-state index contributed by atoms with van der Waals surface area (Å²) in [7, 11) is 0. The molecule has 0 amide bonds. The average Bonchev–Trinajstić information content (AvgIpc) is 2.75. The number of benzene rings is 1. The van der Waals surface area contributed by atoms with Gasteiger partial charge in [0.15, 0.2) is 0 Å². The first-order chi connectivity index (χ1) is 8.29. The average molecular weight is 289 g/mol. The predicted octanol–water partition coefficient (Wildman–Crippen LogP) is 3.46. The minimum absolute atomic E-state index is 0.958. The Balaban J connectivity index is 2.23. The molecule has 17 heavy (non-hydrogen) atoms. The fourth-order valence-electron chi connectivity index (χ4n) is 1.54. The van der Waals surface area contributed by atoms with E-state index in [1.54, 1.807) is 6.20 Å². The molecule has 0 saturated heterocycles. The molecule has 0 unspecified atom stereocenters. The SMILES string of the molecule is CCCc1nccn1C#Cc1cccc(Br)c1. The van der Waals surface area contributed by atoms with Gasteiger partial charge in [-0.1, -0.05) is 28.9 Å². The Morgan fingerprint density at radius 2 is 2.29 bits per heavy atom. The van der Waals surface area contributed by atoms with Gasteiger partial charge in [-0.15, -0.1) is 0 Å². The zero-order chi connectivity index (χ0) is 12.1. The molecule has 0 bridgehead atoms. The zero-order valence-electron chi connectivity index (χ0n) is 9.65. The van der Waals surface area contributed by atoms with E-state index in [1.165, 1.54) is 0 Å². The topological polar surface area (TPSA) is 17.8 Å². The van der Waals surface area contributed by atoms with Crippen molar-refractivity contribution in [3.8, 4) is 12.0 Å². The summed E-state index contributed by atoms with van der Waals surface area (Å²) in [4.78, 5) is 4.29. The fourth-order valence-corrected chi connectivity index (χ4v) is 1.93. The molecule has 0 atom stereocenters. The maximum absolute atomic E-state index is 4.29. The van der Waals surface area contributed by atoms with Crippen LogP contribution in [0, 0.1) is 12.0 Å². The molecule has 0 aliphatic heterocycles. The van der Waals surface area contributed by atoms with Gasteiger partial charge in [-0.05, 0) is 30.5 Å². The van der Waals surface area contributed by atoms with Crippen LogP contribution in [0.4, 0.5) is 0 Å². The molecule has 1 aromatic heterocycles. The fraction of sp³-hybridized carbons (Fsp3) is 0.214. The molecular weight excluding hydrogens is 276 g/mol. The molecule has 0 spiro atoms. The van der Waals surface area contributed by atoms with Crippen molar-refractivity contribution in [3.63, 3.8) is 0 Å². The Labute approximate surface area is 110 Å². The number of rotatable bonds is 2. The summed E-state index contributed by atoms with van der Waals surface area (Å²) in [5.41, 5.74) is 0.996. The third-order valence-electron chi connectivity index (χ3n) is 2.34. The number of nitrogens with zero attached hydrogens (tertiary/aromatic N) is 2.